The van der Waals surface area contributed by atoms with E-state index in [4.69, 9.17) is 40.5 Å². The number of aromatic carboxylic acids is 1. The van der Waals surface area contributed by atoms with Gasteiger partial charge in [-0.05, 0) is 41.8 Å². The lowest BCUT2D eigenvalue weighted by Crippen LogP contribution is -2.08. The highest BCUT2D eigenvalue weighted by molar-refractivity contribution is 7.80. The van der Waals surface area contributed by atoms with Crippen molar-refractivity contribution >= 4 is 63.3 Å². The molecule has 0 atom stereocenters. The Morgan fingerprint density at radius 3 is 2.53 bits per heavy atom. The Labute approximate surface area is 204 Å². The van der Waals surface area contributed by atoms with Gasteiger partial charge in [-0.3, -0.25) is 4.99 Å². The molecule has 5 nitrogen and oxygen atoms in total. The van der Waals surface area contributed by atoms with Crippen LogP contribution in [0.1, 0.15) is 34.0 Å². The maximum absolute atomic E-state index is 11.2. The van der Waals surface area contributed by atoms with E-state index >= 15 is 0 Å². The number of hydrogen-bond donors (Lipinski definition) is 3. The second-order valence-corrected chi connectivity index (χ2v) is 9.30. The average molecular weight is 508 g/mol. The first-order chi connectivity index (χ1) is 15.2. The van der Waals surface area contributed by atoms with Crippen molar-refractivity contribution in [3.05, 3.63) is 74.1 Å². The lowest BCUT2D eigenvalue weighted by Gasteiger charge is -2.08. The van der Waals surface area contributed by atoms with Gasteiger partial charge in [-0.15, -0.1) is 11.3 Å². The number of thiocarbonyl (C=S) groups is 1. The Hall–Kier alpha value is -2.29. The number of aliphatic imine (C=N–C) groups is 1. The molecular formula is C23H19Cl2NO4S2. The Morgan fingerprint density at radius 2 is 1.88 bits per heavy atom. The van der Waals surface area contributed by atoms with Crippen molar-refractivity contribution in [1.29, 1.82) is 0 Å². The summed E-state index contributed by atoms with van der Waals surface area (Å²) in [7, 11) is 0. The molecule has 0 aliphatic heterocycles. The van der Waals surface area contributed by atoms with E-state index in [2.05, 4.69) is 4.99 Å². The Morgan fingerprint density at radius 1 is 1.12 bits per heavy atom. The highest BCUT2D eigenvalue weighted by Gasteiger charge is 2.16. The van der Waals surface area contributed by atoms with Crippen molar-refractivity contribution in [2.24, 2.45) is 4.99 Å². The fourth-order valence-corrected chi connectivity index (χ4v) is 4.65. The monoisotopic (exact) mass is 507 g/mol. The zero-order valence-electron chi connectivity index (χ0n) is 16.9. The zero-order chi connectivity index (χ0) is 23.4. The van der Waals surface area contributed by atoms with E-state index in [1.165, 1.54) is 17.4 Å². The largest absolute Gasteiger partial charge is 0.506 e. The fourth-order valence-electron chi connectivity index (χ4n) is 3.12. The van der Waals surface area contributed by atoms with Gasteiger partial charge in [0, 0.05) is 27.9 Å². The molecule has 0 radical (unpaired) electrons. The van der Waals surface area contributed by atoms with Crippen LogP contribution in [0.25, 0.3) is 10.4 Å². The average Bonchev–Trinajstić information content (AvgIpc) is 3.15. The Kier molecular flexibility index (Phi) is 8.03. The van der Waals surface area contributed by atoms with Crippen molar-refractivity contribution in [3.63, 3.8) is 0 Å². The highest BCUT2D eigenvalue weighted by atomic mass is 35.5. The Bertz CT molecular complexity index is 1220. The molecule has 1 heterocycles. The first-order valence-electron chi connectivity index (χ1n) is 9.46. The fraction of sp³-hybridized carbons (Fsp3) is 0.174. The van der Waals surface area contributed by atoms with Gasteiger partial charge in [0.1, 0.15) is 5.75 Å². The summed E-state index contributed by atoms with van der Waals surface area (Å²) in [5.74, 6) is -0.961. The van der Waals surface area contributed by atoms with Crippen LogP contribution in [-0.2, 0) is 13.0 Å². The van der Waals surface area contributed by atoms with Crippen LogP contribution < -0.4 is 0 Å². The van der Waals surface area contributed by atoms with Crippen molar-refractivity contribution in [1.82, 2.24) is 0 Å². The van der Waals surface area contributed by atoms with Gasteiger partial charge in [0.25, 0.3) is 0 Å². The molecule has 0 aliphatic carbocycles. The number of carbonyl (C=O) groups is 1. The molecule has 0 amide bonds. The number of halogens is 2. The van der Waals surface area contributed by atoms with Gasteiger partial charge >= 0.3 is 5.97 Å². The van der Waals surface area contributed by atoms with Gasteiger partial charge in [0.15, 0.2) is 0 Å². The van der Waals surface area contributed by atoms with Gasteiger partial charge < -0.3 is 15.3 Å². The third-order valence-corrected chi connectivity index (χ3v) is 6.83. The minimum Gasteiger partial charge on any atom is -0.506 e. The molecule has 1 aromatic heterocycles. The molecule has 0 saturated carbocycles. The second-order valence-electron chi connectivity index (χ2n) is 7.03. The molecule has 0 saturated heterocycles. The smallest absolute Gasteiger partial charge is 0.336 e. The summed E-state index contributed by atoms with van der Waals surface area (Å²) in [4.78, 5) is 17.0. The molecule has 0 unspecified atom stereocenters. The summed E-state index contributed by atoms with van der Waals surface area (Å²) < 4.78 is 0. The van der Waals surface area contributed by atoms with Crippen LogP contribution >= 0.6 is 46.8 Å². The molecule has 0 bridgehead atoms. The van der Waals surface area contributed by atoms with Crippen LogP contribution in [0.4, 0.5) is 0 Å². The number of benzene rings is 2. The van der Waals surface area contributed by atoms with Gasteiger partial charge in [-0.2, -0.15) is 0 Å². The summed E-state index contributed by atoms with van der Waals surface area (Å²) in [5.41, 5.74) is 3.24. The minimum absolute atomic E-state index is 0.0711. The first-order valence-corrected chi connectivity index (χ1v) is 11.5. The predicted molar refractivity (Wildman–Crippen MR) is 134 cm³/mol. The molecular weight excluding hydrogens is 489 g/mol. The summed E-state index contributed by atoms with van der Waals surface area (Å²) in [6.45, 7) is 1.71. The maximum Gasteiger partial charge on any atom is 0.336 e. The summed E-state index contributed by atoms with van der Waals surface area (Å²) in [5, 5.41) is 31.9. The van der Waals surface area contributed by atoms with Crippen LogP contribution in [0, 0.1) is 0 Å². The number of nitrogens with zero attached hydrogens (tertiary/aromatic N) is 1. The van der Waals surface area contributed by atoms with Crippen molar-refractivity contribution in [3.8, 4) is 16.2 Å². The quantitative estimate of drug-likeness (QED) is 0.255. The van der Waals surface area contributed by atoms with Crippen LogP contribution in [0.3, 0.4) is 0 Å². The van der Waals surface area contributed by atoms with E-state index in [1.54, 1.807) is 37.3 Å². The van der Waals surface area contributed by atoms with E-state index in [0.717, 1.165) is 11.1 Å². The predicted octanol–water partition coefficient (Wildman–Crippen LogP) is 6.04. The summed E-state index contributed by atoms with van der Waals surface area (Å²) in [6, 6.07) is 9.97. The summed E-state index contributed by atoms with van der Waals surface area (Å²) in [6.07, 6.45) is 0.420. The van der Waals surface area contributed by atoms with Gasteiger partial charge in [-0.25, -0.2) is 4.79 Å². The maximum atomic E-state index is 11.2. The normalized spacial score (nSPS) is 11.6. The van der Waals surface area contributed by atoms with Crippen LogP contribution in [0.5, 0.6) is 5.75 Å². The Balaban J connectivity index is 1.72. The molecule has 3 N–H and O–H groups in total. The number of aliphatic hydroxyl groups excluding tert-OH is 1. The molecule has 0 spiro atoms. The van der Waals surface area contributed by atoms with E-state index < -0.39 is 5.97 Å². The topological polar surface area (TPSA) is 90.1 Å². The van der Waals surface area contributed by atoms with E-state index in [1.807, 2.05) is 5.38 Å². The number of carboxylic acid groups (broad SMARTS) is 1. The van der Waals surface area contributed by atoms with Gasteiger partial charge in [-0.1, -0.05) is 53.6 Å². The van der Waals surface area contributed by atoms with Crippen LogP contribution in [0.2, 0.25) is 10.0 Å². The number of thiophene rings is 1. The van der Waals surface area contributed by atoms with Crippen molar-refractivity contribution in [2.45, 2.75) is 20.0 Å². The molecule has 2 aromatic carbocycles. The van der Waals surface area contributed by atoms with E-state index in [9.17, 15) is 15.0 Å². The highest BCUT2D eigenvalue weighted by Crippen LogP contribution is 2.40. The number of aliphatic hydroxyl groups is 1. The van der Waals surface area contributed by atoms with Crippen LogP contribution in [-0.4, -0.2) is 38.4 Å². The minimum atomic E-state index is -1.08. The van der Waals surface area contributed by atoms with Crippen molar-refractivity contribution < 1.29 is 20.1 Å². The molecule has 166 valence electrons. The second kappa shape index (κ2) is 10.6. The molecule has 32 heavy (non-hydrogen) atoms. The van der Waals surface area contributed by atoms with Crippen LogP contribution in [0.15, 0.2) is 46.8 Å². The lowest BCUT2D eigenvalue weighted by molar-refractivity contribution is 0.0693. The molecule has 9 heteroatoms. The molecule has 0 aliphatic rings. The van der Waals surface area contributed by atoms with E-state index in [0.29, 0.717) is 43.0 Å². The first kappa shape index (κ1) is 24.4. The third-order valence-electron chi connectivity index (χ3n) is 4.80. The van der Waals surface area contributed by atoms with Gasteiger partial charge in [0.05, 0.1) is 33.6 Å². The molecule has 3 aromatic rings. The lowest BCUT2D eigenvalue weighted by atomic mass is 10.0. The molecule has 0 fully saturated rings. The number of aromatic hydroxyl groups is 1. The SMILES string of the molecule is CC(=NCC(=S)Cc1ccc(C(=O)O)c(CO)c1)c1csc(-c2ccc(Cl)c(Cl)c2)c1O. The third kappa shape index (κ3) is 5.54. The van der Waals surface area contributed by atoms with Crippen molar-refractivity contribution in [2.75, 3.05) is 6.54 Å². The number of hydrogen-bond acceptors (Lipinski definition) is 6. The van der Waals surface area contributed by atoms with Gasteiger partial charge in [0.2, 0.25) is 0 Å². The standard InChI is InChI=1S/C23H19Cl2NO4S2/c1-12(18-11-32-22(21(18)28)14-3-5-19(24)20(25)8-14)26-9-16(31)7-13-2-4-17(23(29)30)15(6-13)10-27/h2-6,8,11,27-28H,7,9-10H2,1H3,(H,29,30). The summed E-state index contributed by atoms with van der Waals surface area (Å²) >= 11 is 18.9. The number of rotatable bonds is 8. The zero-order valence-corrected chi connectivity index (χ0v) is 20.1. The number of carboxylic acids is 1. The molecule has 3 rings (SSSR count). The van der Waals surface area contributed by atoms with E-state index in [-0.39, 0.29) is 24.5 Å².